The summed E-state index contributed by atoms with van der Waals surface area (Å²) >= 11 is 0. The third-order valence-corrected chi connectivity index (χ3v) is 3.01. The van der Waals surface area contributed by atoms with Crippen LogP contribution < -0.4 is 0 Å². The van der Waals surface area contributed by atoms with Crippen LogP contribution >= 0.6 is 0 Å². The van der Waals surface area contributed by atoms with Gasteiger partial charge in [-0.3, -0.25) is 9.59 Å². The Balaban J connectivity index is 3.18. The molecule has 0 spiro atoms. The molecule has 0 fully saturated rings. The first-order chi connectivity index (χ1) is 8.49. The van der Waals surface area contributed by atoms with Crippen LogP contribution in [0.3, 0.4) is 0 Å². The Bertz CT molecular complexity index is 412. The number of nitrogens with zero attached hydrogens (tertiary/aromatic N) is 1. The predicted molar refractivity (Wildman–Crippen MR) is 72.1 cm³/mol. The van der Waals surface area contributed by atoms with Gasteiger partial charge in [0.15, 0.2) is 5.78 Å². The maximum Gasteiger partial charge on any atom is 0.220 e. The molecule has 0 saturated heterocycles. The van der Waals surface area contributed by atoms with Crippen LogP contribution in [-0.2, 0) is 9.59 Å². The molecule has 3 nitrogen and oxygen atoms in total. The van der Waals surface area contributed by atoms with Crippen molar-refractivity contribution >= 4 is 11.7 Å². The third-order valence-electron chi connectivity index (χ3n) is 3.01. The van der Waals surface area contributed by atoms with E-state index in [2.05, 4.69) is 0 Å². The smallest absolute Gasteiger partial charge is 0.220 e. The van der Waals surface area contributed by atoms with Gasteiger partial charge in [-0.2, -0.15) is 0 Å². The molecule has 0 N–H and O–H groups in total. The predicted octanol–water partition coefficient (Wildman–Crippen LogP) is 2.82. The summed E-state index contributed by atoms with van der Waals surface area (Å²) in [5.74, 6) is -0.0813. The molecule has 1 unspecified atom stereocenters. The summed E-state index contributed by atoms with van der Waals surface area (Å²) in [5, 5.41) is 0. The average molecular weight is 247 g/mol. The molecular weight excluding hydrogens is 226 g/mol. The van der Waals surface area contributed by atoms with Crippen LogP contribution in [0.15, 0.2) is 30.3 Å². The summed E-state index contributed by atoms with van der Waals surface area (Å²) in [5.41, 5.74) is 0.883. The SMILES string of the molecule is CCN(C(C)=O)C(C(=O)C(C)C)c1ccccc1. The minimum atomic E-state index is -0.464. The van der Waals surface area contributed by atoms with Gasteiger partial charge < -0.3 is 4.90 Å². The third kappa shape index (κ3) is 3.19. The van der Waals surface area contributed by atoms with Crippen LogP contribution in [-0.4, -0.2) is 23.1 Å². The van der Waals surface area contributed by atoms with E-state index in [-0.39, 0.29) is 17.6 Å². The van der Waals surface area contributed by atoms with Crippen LogP contribution in [0.5, 0.6) is 0 Å². The Hall–Kier alpha value is -1.64. The number of benzene rings is 1. The molecular formula is C15H21NO2. The molecule has 98 valence electrons. The van der Waals surface area contributed by atoms with Gasteiger partial charge in [0.05, 0.1) is 0 Å². The molecule has 18 heavy (non-hydrogen) atoms. The highest BCUT2D eigenvalue weighted by atomic mass is 16.2. The van der Waals surface area contributed by atoms with Gasteiger partial charge in [0.2, 0.25) is 5.91 Å². The second-order valence-electron chi connectivity index (χ2n) is 4.68. The number of ketones is 1. The standard InChI is InChI=1S/C15H21NO2/c1-5-16(12(4)17)14(15(18)11(2)3)13-9-7-6-8-10-13/h6-11,14H,5H2,1-4H3. The lowest BCUT2D eigenvalue weighted by atomic mass is 9.94. The molecule has 0 aliphatic heterocycles. The van der Waals surface area contributed by atoms with Crippen molar-refractivity contribution in [2.45, 2.75) is 33.7 Å². The van der Waals surface area contributed by atoms with Crippen LogP contribution in [0, 0.1) is 5.92 Å². The lowest BCUT2D eigenvalue weighted by Crippen LogP contribution is -2.39. The van der Waals surface area contributed by atoms with Gasteiger partial charge in [0.1, 0.15) is 6.04 Å². The van der Waals surface area contributed by atoms with Crippen LogP contribution in [0.4, 0.5) is 0 Å². The summed E-state index contributed by atoms with van der Waals surface area (Å²) in [4.78, 5) is 25.7. The number of carbonyl (C=O) groups excluding carboxylic acids is 2. The van der Waals surface area contributed by atoms with E-state index in [1.165, 1.54) is 6.92 Å². The number of amides is 1. The second kappa shape index (κ2) is 6.34. The summed E-state index contributed by atoms with van der Waals surface area (Å²) in [6, 6.07) is 9.03. The van der Waals surface area contributed by atoms with Gasteiger partial charge in [-0.15, -0.1) is 0 Å². The van der Waals surface area contributed by atoms with Gasteiger partial charge in [0, 0.05) is 19.4 Å². The normalized spacial score (nSPS) is 12.3. The molecule has 0 bridgehead atoms. The van der Waals surface area contributed by atoms with Crippen molar-refractivity contribution in [3.05, 3.63) is 35.9 Å². The van der Waals surface area contributed by atoms with E-state index in [9.17, 15) is 9.59 Å². The Labute approximate surface area is 109 Å². The molecule has 0 heterocycles. The highest BCUT2D eigenvalue weighted by Crippen LogP contribution is 2.24. The van der Waals surface area contributed by atoms with Crippen molar-refractivity contribution in [3.63, 3.8) is 0 Å². The quantitative estimate of drug-likeness (QED) is 0.802. The lowest BCUT2D eigenvalue weighted by Gasteiger charge is -2.30. The molecule has 3 heteroatoms. The van der Waals surface area contributed by atoms with Gasteiger partial charge >= 0.3 is 0 Å². The van der Waals surface area contributed by atoms with Crippen molar-refractivity contribution in [2.24, 2.45) is 5.92 Å². The molecule has 1 amide bonds. The molecule has 0 radical (unpaired) electrons. The minimum absolute atomic E-state index is 0.0691. The Kier molecular flexibility index (Phi) is 5.08. The molecule has 0 aromatic heterocycles. The van der Waals surface area contributed by atoms with Crippen LogP contribution in [0.1, 0.15) is 39.3 Å². The maximum atomic E-state index is 12.4. The number of hydrogen-bond acceptors (Lipinski definition) is 2. The Morgan fingerprint density at radius 2 is 1.72 bits per heavy atom. The first-order valence-electron chi connectivity index (χ1n) is 6.34. The topological polar surface area (TPSA) is 37.4 Å². The largest absolute Gasteiger partial charge is 0.329 e. The average Bonchev–Trinajstić information content (AvgIpc) is 2.35. The lowest BCUT2D eigenvalue weighted by molar-refractivity contribution is -0.139. The summed E-state index contributed by atoms with van der Waals surface area (Å²) in [6.07, 6.45) is 0. The van der Waals surface area contributed by atoms with Crippen molar-refractivity contribution in [1.82, 2.24) is 4.90 Å². The van der Waals surface area contributed by atoms with E-state index in [1.54, 1.807) is 4.90 Å². The molecule has 0 saturated carbocycles. The van der Waals surface area contributed by atoms with Gasteiger partial charge in [0.25, 0.3) is 0 Å². The minimum Gasteiger partial charge on any atom is -0.329 e. The molecule has 1 rings (SSSR count). The second-order valence-corrected chi connectivity index (χ2v) is 4.68. The zero-order valence-electron chi connectivity index (χ0n) is 11.5. The van der Waals surface area contributed by atoms with Crippen molar-refractivity contribution in [2.75, 3.05) is 6.54 Å². The zero-order valence-corrected chi connectivity index (χ0v) is 11.5. The van der Waals surface area contributed by atoms with E-state index >= 15 is 0 Å². The molecule has 1 aromatic carbocycles. The number of rotatable bonds is 5. The van der Waals surface area contributed by atoms with Gasteiger partial charge in [-0.05, 0) is 12.5 Å². The number of carbonyl (C=O) groups is 2. The van der Waals surface area contributed by atoms with E-state index in [1.807, 2.05) is 51.1 Å². The highest BCUT2D eigenvalue weighted by Gasteiger charge is 2.29. The van der Waals surface area contributed by atoms with Crippen LogP contribution in [0.2, 0.25) is 0 Å². The van der Waals surface area contributed by atoms with E-state index in [0.29, 0.717) is 6.54 Å². The van der Waals surface area contributed by atoms with Crippen molar-refractivity contribution < 1.29 is 9.59 Å². The van der Waals surface area contributed by atoms with E-state index < -0.39 is 6.04 Å². The number of hydrogen-bond donors (Lipinski definition) is 0. The van der Waals surface area contributed by atoms with E-state index in [4.69, 9.17) is 0 Å². The maximum absolute atomic E-state index is 12.4. The molecule has 0 aliphatic carbocycles. The van der Waals surface area contributed by atoms with E-state index in [0.717, 1.165) is 5.56 Å². The summed E-state index contributed by atoms with van der Waals surface area (Å²) < 4.78 is 0. The summed E-state index contributed by atoms with van der Waals surface area (Å²) in [6.45, 7) is 7.67. The van der Waals surface area contributed by atoms with Gasteiger partial charge in [-0.1, -0.05) is 44.2 Å². The van der Waals surface area contributed by atoms with Crippen molar-refractivity contribution in [3.8, 4) is 0 Å². The fourth-order valence-corrected chi connectivity index (χ4v) is 2.04. The summed E-state index contributed by atoms with van der Waals surface area (Å²) in [7, 11) is 0. The molecule has 0 aliphatic rings. The monoisotopic (exact) mass is 247 g/mol. The first kappa shape index (κ1) is 14.4. The fraction of sp³-hybridized carbons (Fsp3) is 0.467. The number of Topliss-reactive ketones (excluding diaryl/α,β-unsaturated/α-hetero) is 1. The highest BCUT2D eigenvalue weighted by molar-refractivity contribution is 5.90. The van der Waals surface area contributed by atoms with Gasteiger partial charge in [-0.25, -0.2) is 0 Å². The fourth-order valence-electron chi connectivity index (χ4n) is 2.04. The number of likely N-dealkylation sites (N-methyl/N-ethyl adjacent to an activating group) is 1. The van der Waals surface area contributed by atoms with Crippen LogP contribution in [0.25, 0.3) is 0 Å². The molecule has 1 aromatic rings. The molecule has 1 atom stereocenters. The zero-order chi connectivity index (χ0) is 13.7. The Morgan fingerprint density at radius 1 is 1.17 bits per heavy atom. The van der Waals surface area contributed by atoms with Crippen molar-refractivity contribution in [1.29, 1.82) is 0 Å². The Morgan fingerprint density at radius 3 is 2.11 bits per heavy atom. The first-order valence-corrected chi connectivity index (χ1v) is 6.34.